The molecule has 1 aliphatic heterocycles. The van der Waals surface area contributed by atoms with Gasteiger partial charge in [0.15, 0.2) is 0 Å². The molecule has 2 amide bonds. The fraction of sp³-hybridized carbons (Fsp3) is 0.292. The average molecular weight is 489 g/mol. The van der Waals surface area contributed by atoms with Gasteiger partial charge in [-0.15, -0.1) is 11.3 Å². The standard InChI is InChI=1S/C24H23F3N4O2S/c25-24(26,27)19-8-4-5-9-20(19)29-21(32)15-30-10-12-31(13-11-30)22(33)14-18-16-34-23(28-18)17-6-2-1-3-7-17/h1-9,16H,10-15H2,(H,29,32). The first-order valence-electron chi connectivity index (χ1n) is 10.8. The Balaban J connectivity index is 1.26. The summed E-state index contributed by atoms with van der Waals surface area (Å²) in [4.78, 5) is 33.1. The molecule has 0 saturated carbocycles. The zero-order valence-electron chi connectivity index (χ0n) is 18.2. The highest BCUT2D eigenvalue weighted by Gasteiger charge is 2.33. The van der Waals surface area contributed by atoms with Crippen LogP contribution in [0.5, 0.6) is 0 Å². The molecule has 2 aromatic carbocycles. The number of halogens is 3. The normalized spacial score (nSPS) is 14.7. The second kappa shape index (κ2) is 10.4. The van der Waals surface area contributed by atoms with Crippen LogP contribution in [0, 0.1) is 0 Å². The van der Waals surface area contributed by atoms with Crippen molar-refractivity contribution in [3.8, 4) is 10.6 Å². The number of thiazole rings is 1. The smallest absolute Gasteiger partial charge is 0.340 e. The van der Waals surface area contributed by atoms with Crippen LogP contribution in [0.15, 0.2) is 60.0 Å². The highest BCUT2D eigenvalue weighted by molar-refractivity contribution is 7.13. The summed E-state index contributed by atoms with van der Waals surface area (Å²) in [7, 11) is 0. The highest BCUT2D eigenvalue weighted by atomic mass is 32.1. The Labute approximate surface area is 199 Å². The van der Waals surface area contributed by atoms with Gasteiger partial charge in [0, 0.05) is 37.1 Å². The van der Waals surface area contributed by atoms with Crippen molar-refractivity contribution in [3.63, 3.8) is 0 Å². The number of alkyl halides is 3. The Bertz CT molecular complexity index is 1140. The lowest BCUT2D eigenvalue weighted by Gasteiger charge is -2.34. The molecule has 0 radical (unpaired) electrons. The van der Waals surface area contributed by atoms with E-state index in [0.29, 0.717) is 26.2 Å². The number of aromatic nitrogens is 1. The number of rotatable bonds is 6. The van der Waals surface area contributed by atoms with E-state index in [4.69, 9.17) is 0 Å². The SMILES string of the molecule is O=C(CN1CCN(C(=O)Cc2csc(-c3ccccc3)n2)CC1)Nc1ccccc1C(F)(F)F. The number of carbonyl (C=O) groups excluding carboxylic acids is 2. The molecule has 1 N–H and O–H groups in total. The van der Waals surface area contributed by atoms with E-state index in [2.05, 4.69) is 10.3 Å². The molecule has 0 atom stereocenters. The summed E-state index contributed by atoms with van der Waals surface area (Å²) in [6, 6.07) is 14.7. The highest BCUT2D eigenvalue weighted by Crippen LogP contribution is 2.34. The number of para-hydroxylation sites is 1. The number of hydrogen-bond acceptors (Lipinski definition) is 5. The number of hydrogen-bond donors (Lipinski definition) is 1. The average Bonchev–Trinajstić information content (AvgIpc) is 3.28. The van der Waals surface area contributed by atoms with Gasteiger partial charge in [0.2, 0.25) is 11.8 Å². The first kappa shape index (κ1) is 23.9. The molecule has 0 spiro atoms. The topological polar surface area (TPSA) is 65.5 Å². The van der Waals surface area contributed by atoms with Crippen LogP contribution in [0.3, 0.4) is 0 Å². The Kier molecular flexibility index (Phi) is 7.28. The summed E-state index contributed by atoms with van der Waals surface area (Å²) in [6.45, 7) is 1.78. The maximum atomic E-state index is 13.1. The fourth-order valence-electron chi connectivity index (χ4n) is 3.76. The number of nitrogens with one attached hydrogen (secondary N) is 1. The Morgan fingerprint density at radius 3 is 2.35 bits per heavy atom. The molecule has 1 aromatic heterocycles. The third-order valence-corrected chi connectivity index (χ3v) is 6.44. The lowest BCUT2D eigenvalue weighted by Crippen LogP contribution is -2.50. The molecule has 1 saturated heterocycles. The van der Waals surface area contributed by atoms with Gasteiger partial charge in [-0.1, -0.05) is 42.5 Å². The van der Waals surface area contributed by atoms with Crippen LogP contribution in [0.1, 0.15) is 11.3 Å². The number of benzene rings is 2. The fourth-order valence-corrected chi connectivity index (χ4v) is 4.58. The third-order valence-electron chi connectivity index (χ3n) is 5.50. The summed E-state index contributed by atoms with van der Waals surface area (Å²) >= 11 is 1.50. The maximum Gasteiger partial charge on any atom is 0.418 e. The van der Waals surface area contributed by atoms with Crippen LogP contribution < -0.4 is 5.32 Å². The van der Waals surface area contributed by atoms with Crippen LogP contribution in [0.2, 0.25) is 0 Å². The number of amides is 2. The molecule has 0 aliphatic carbocycles. The van der Waals surface area contributed by atoms with Gasteiger partial charge < -0.3 is 10.2 Å². The van der Waals surface area contributed by atoms with Crippen molar-refractivity contribution in [1.82, 2.24) is 14.8 Å². The maximum absolute atomic E-state index is 13.1. The van der Waals surface area contributed by atoms with E-state index in [1.807, 2.05) is 40.6 Å². The van der Waals surface area contributed by atoms with E-state index in [9.17, 15) is 22.8 Å². The molecule has 4 rings (SSSR count). The lowest BCUT2D eigenvalue weighted by molar-refractivity contribution is -0.137. The quantitative estimate of drug-likeness (QED) is 0.566. The molecule has 10 heteroatoms. The first-order valence-corrected chi connectivity index (χ1v) is 11.6. The second-order valence-electron chi connectivity index (χ2n) is 7.94. The van der Waals surface area contributed by atoms with Crippen molar-refractivity contribution in [1.29, 1.82) is 0 Å². The largest absolute Gasteiger partial charge is 0.418 e. The van der Waals surface area contributed by atoms with Crippen molar-refractivity contribution in [3.05, 3.63) is 71.2 Å². The Morgan fingerprint density at radius 2 is 1.65 bits per heavy atom. The number of carbonyl (C=O) groups is 2. The Hall–Kier alpha value is -3.24. The molecule has 3 aromatic rings. The van der Waals surface area contributed by atoms with Crippen LogP contribution in [-0.4, -0.2) is 59.3 Å². The van der Waals surface area contributed by atoms with Crippen molar-refractivity contribution in [2.75, 3.05) is 38.0 Å². The number of nitrogens with zero attached hydrogens (tertiary/aromatic N) is 3. The first-order chi connectivity index (χ1) is 16.3. The van der Waals surface area contributed by atoms with E-state index in [1.54, 1.807) is 4.90 Å². The monoisotopic (exact) mass is 488 g/mol. The van der Waals surface area contributed by atoms with Gasteiger partial charge in [-0.2, -0.15) is 13.2 Å². The zero-order chi connectivity index (χ0) is 24.1. The zero-order valence-corrected chi connectivity index (χ0v) is 19.0. The van der Waals surface area contributed by atoms with Gasteiger partial charge in [0.25, 0.3) is 0 Å². The minimum absolute atomic E-state index is 0.0342. The molecule has 178 valence electrons. The van der Waals surface area contributed by atoms with Gasteiger partial charge in [-0.05, 0) is 12.1 Å². The van der Waals surface area contributed by atoms with Crippen LogP contribution >= 0.6 is 11.3 Å². The summed E-state index contributed by atoms with van der Waals surface area (Å²) in [5.41, 5.74) is 0.595. The van der Waals surface area contributed by atoms with E-state index in [1.165, 1.54) is 29.5 Å². The minimum Gasteiger partial charge on any atom is -0.340 e. The third kappa shape index (κ3) is 6.00. The van der Waals surface area contributed by atoms with Crippen molar-refractivity contribution in [2.45, 2.75) is 12.6 Å². The summed E-state index contributed by atoms with van der Waals surface area (Å²) in [5, 5.41) is 5.11. The van der Waals surface area contributed by atoms with Gasteiger partial charge in [-0.3, -0.25) is 14.5 Å². The molecule has 0 unspecified atom stereocenters. The van der Waals surface area contributed by atoms with Gasteiger partial charge in [0.1, 0.15) is 5.01 Å². The number of anilines is 1. The van der Waals surface area contributed by atoms with E-state index in [-0.39, 0.29) is 24.6 Å². The van der Waals surface area contributed by atoms with Crippen molar-refractivity contribution >= 4 is 28.8 Å². The minimum atomic E-state index is -4.55. The Morgan fingerprint density at radius 1 is 0.971 bits per heavy atom. The molecule has 2 heterocycles. The lowest BCUT2D eigenvalue weighted by atomic mass is 10.1. The van der Waals surface area contributed by atoms with Gasteiger partial charge >= 0.3 is 6.18 Å². The molecular formula is C24H23F3N4O2S. The summed E-state index contributed by atoms with van der Waals surface area (Å²) < 4.78 is 39.4. The summed E-state index contributed by atoms with van der Waals surface area (Å²) in [5.74, 6) is -0.555. The van der Waals surface area contributed by atoms with Crippen LogP contribution in [0.25, 0.3) is 10.6 Å². The summed E-state index contributed by atoms with van der Waals surface area (Å²) in [6.07, 6.45) is -4.34. The molecule has 1 aliphatic rings. The predicted octanol–water partition coefficient (Wildman–Crippen LogP) is 4.15. The van der Waals surface area contributed by atoms with E-state index >= 15 is 0 Å². The molecule has 1 fully saturated rings. The molecule has 6 nitrogen and oxygen atoms in total. The van der Waals surface area contributed by atoms with Crippen molar-refractivity contribution < 1.29 is 22.8 Å². The van der Waals surface area contributed by atoms with Gasteiger partial charge in [0.05, 0.1) is 29.9 Å². The molecular weight excluding hydrogens is 465 g/mol. The number of piperazine rings is 1. The van der Waals surface area contributed by atoms with Crippen molar-refractivity contribution in [2.24, 2.45) is 0 Å². The molecule has 0 bridgehead atoms. The van der Waals surface area contributed by atoms with Gasteiger partial charge in [-0.25, -0.2) is 4.98 Å². The van der Waals surface area contributed by atoms with Crippen LogP contribution in [0.4, 0.5) is 18.9 Å². The molecule has 34 heavy (non-hydrogen) atoms. The van der Waals surface area contributed by atoms with E-state index in [0.717, 1.165) is 22.3 Å². The predicted molar refractivity (Wildman–Crippen MR) is 124 cm³/mol. The van der Waals surface area contributed by atoms with Crippen LogP contribution in [-0.2, 0) is 22.2 Å². The van der Waals surface area contributed by atoms with E-state index < -0.39 is 17.6 Å². The second-order valence-corrected chi connectivity index (χ2v) is 8.79.